The summed E-state index contributed by atoms with van der Waals surface area (Å²) in [5.41, 5.74) is 2.25. The Hall–Kier alpha value is -2.73. The molecule has 2 aromatic carbocycles. The van der Waals surface area contributed by atoms with Crippen LogP contribution in [0.2, 0.25) is 0 Å². The number of hydrogen-bond acceptors (Lipinski definition) is 2. The summed E-state index contributed by atoms with van der Waals surface area (Å²) in [6.07, 6.45) is 0. The average molecular weight is 401 g/mol. The Morgan fingerprint density at radius 3 is 2.10 bits per heavy atom. The van der Waals surface area contributed by atoms with Crippen LogP contribution in [-0.4, -0.2) is 36.3 Å². The van der Waals surface area contributed by atoms with Crippen LogP contribution in [0.3, 0.4) is 0 Å². The third kappa shape index (κ3) is 6.39. The molecule has 0 aliphatic rings. The van der Waals surface area contributed by atoms with Crippen molar-refractivity contribution >= 4 is 17.5 Å². The zero-order valence-corrected chi connectivity index (χ0v) is 17.6. The predicted octanol–water partition coefficient (Wildman–Crippen LogP) is 3.21. The van der Waals surface area contributed by atoms with E-state index in [0.29, 0.717) is 30.3 Å². The summed E-state index contributed by atoms with van der Waals surface area (Å²) in [6.45, 7) is 9.62. The number of nitrogens with one attached hydrogen (secondary N) is 1. The average Bonchev–Trinajstić information content (AvgIpc) is 2.70. The highest BCUT2D eigenvalue weighted by Crippen LogP contribution is 2.18. The van der Waals surface area contributed by atoms with Crippen LogP contribution in [0.5, 0.6) is 0 Å². The quantitative estimate of drug-likeness (QED) is 0.679. The summed E-state index contributed by atoms with van der Waals surface area (Å²) in [7, 11) is 0. The first kappa shape index (κ1) is 22.6. The summed E-state index contributed by atoms with van der Waals surface area (Å²) < 4.78 is 13.2. The first-order valence-corrected chi connectivity index (χ1v) is 10.1. The van der Waals surface area contributed by atoms with E-state index in [1.807, 2.05) is 19.2 Å². The van der Waals surface area contributed by atoms with Crippen molar-refractivity contribution < 1.29 is 19.3 Å². The minimum atomic E-state index is -0.267. The molecule has 29 heavy (non-hydrogen) atoms. The zero-order chi connectivity index (χ0) is 21.4. The van der Waals surface area contributed by atoms with Crippen molar-refractivity contribution in [2.75, 3.05) is 25.0 Å². The molecule has 0 unspecified atom stereocenters. The van der Waals surface area contributed by atoms with Crippen LogP contribution in [0.15, 0.2) is 48.5 Å². The molecule has 6 heteroatoms. The molecular formula is C23H31FN3O2+. The van der Waals surface area contributed by atoms with E-state index in [4.69, 9.17) is 0 Å². The van der Waals surface area contributed by atoms with Gasteiger partial charge in [-0.1, -0.05) is 26.0 Å². The highest BCUT2D eigenvalue weighted by molar-refractivity contribution is 5.96. The summed E-state index contributed by atoms with van der Waals surface area (Å²) in [5, 5.41) is 4.83. The molecule has 0 saturated carbocycles. The molecule has 0 heterocycles. The van der Waals surface area contributed by atoms with Crippen molar-refractivity contribution in [1.29, 1.82) is 0 Å². The van der Waals surface area contributed by atoms with Crippen molar-refractivity contribution in [1.82, 2.24) is 4.90 Å². The van der Waals surface area contributed by atoms with Gasteiger partial charge in [0.1, 0.15) is 11.9 Å². The van der Waals surface area contributed by atoms with Crippen LogP contribution in [0.1, 0.15) is 49.7 Å². The Morgan fingerprint density at radius 1 is 1.00 bits per heavy atom. The maximum absolute atomic E-state index is 13.2. The monoisotopic (exact) mass is 400 g/mol. The summed E-state index contributed by atoms with van der Waals surface area (Å²) in [5.74, 6) is -0.114. The normalized spacial score (nSPS) is 11.9. The molecule has 2 rings (SSSR count). The van der Waals surface area contributed by atoms with Crippen molar-refractivity contribution in [3.63, 3.8) is 0 Å². The third-order valence-corrected chi connectivity index (χ3v) is 5.00. The molecule has 0 bridgehead atoms. The number of quaternary nitrogens is 1. The zero-order valence-electron chi connectivity index (χ0n) is 17.6. The minimum Gasteiger partial charge on any atom is -0.339 e. The standard InChI is InChI=1S/C23H30FN3O2/c1-5-27(6-2)23(29)18-9-13-20(14-10-18)26-21(28)15-25-22(16(3)4)17-7-11-19(24)12-8-17/h7-14,16,22,25H,5-6,15H2,1-4H3,(H,26,28)/p+1/t22-/m0/s1. The SMILES string of the molecule is CCN(CC)C(=O)c1ccc(NC(=O)C[NH2+][C@H](c2ccc(F)cc2)C(C)C)cc1. The lowest BCUT2D eigenvalue weighted by molar-refractivity contribution is -0.692. The number of rotatable bonds is 9. The van der Waals surface area contributed by atoms with Crippen LogP contribution in [0.25, 0.3) is 0 Å². The molecule has 1 atom stereocenters. The number of nitrogens with two attached hydrogens (primary N) is 1. The summed E-state index contributed by atoms with van der Waals surface area (Å²) in [4.78, 5) is 26.5. The van der Waals surface area contributed by atoms with E-state index in [2.05, 4.69) is 19.2 Å². The number of amides is 2. The molecule has 0 aromatic heterocycles. The largest absolute Gasteiger partial charge is 0.339 e. The number of halogens is 1. The maximum Gasteiger partial charge on any atom is 0.279 e. The first-order chi connectivity index (χ1) is 13.8. The van der Waals surface area contributed by atoms with E-state index in [9.17, 15) is 14.0 Å². The van der Waals surface area contributed by atoms with Gasteiger partial charge in [0, 0.05) is 35.8 Å². The van der Waals surface area contributed by atoms with Crippen molar-refractivity contribution in [2.24, 2.45) is 5.92 Å². The van der Waals surface area contributed by atoms with Crippen molar-refractivity contribution in [3.05, 3.63) is 65.5 Å². The molecule has 2 aromatic rings. The van der Waals surface area contributed by atoms with Gasteiger partial charge in [-0.05, 0) is 50.2 Å². The molecule has 0 aliphatic heterocycles. The lowest BCUT2D eigenvalue weighted by atomic mass is 9.96. The van der Waals surface area contributed by atoms with E-state index in [1.54, 1.807) is 41.3 Å². The Morgan fingerprint density at radius 2 is 1.59 bits per heavy atom. The smallest absolute Gasteiger partial charge is 0.279 e. The van der Waals surface area contributed by atoms with Crippen LogP contribution in [0, 0.1) is 11.7 Å². The Balaban J connectivity index is 1.94. The van der Waals surface area contributed by atoms with Gasteiger partial charge in [-0.15, -0.1) is 0 Å². The lowest BCUT2D eigenvalue weighted by Gasteiger charge is -2.20. The number of benzene rings is 2. The van der Waals surface area contributed by atoms with Gasteiger partial charge in [0.25, 0.3) is 11.8 Å². The highest BCUT2D eigenvalue weighted by atomic mass is 19.1. The van der Waals surface area contributed by atoms with Gasteiger partial charge >= 0.3 is 0 Å². The van der Waals surface area contributed by atoms with Gasteiger partial charge < -0.3 is 15.5 Å². The molecule has 0 fully saturated rings. The second kappa shape index (κ2) is 10.7. The number of nitrogens with zero attached hydrogens (tertiary/aromatic N) is 1. The van der Waals surface area contributed by atoms with E-state index in [-0.39, 0.29) is 30.2 Å². The van der Waals surface area contributed by atoms with Gasteiger partial charge in [-0.25, -0.2) is 4.39 Å². The molecule has 0 aliphatic carbocycles. The molecule has 3 N–H and O–H groups in total. The van der Waals surface area contributed by atoms with Gasteiger partial charge in [-0.2, -0.15) is 0 Å². The third-order valence-electron chi connectivity index (χ3n) is 5.00. The van der Waals surface area contributed by atoms with Gasteiger partial charge in [0.15, 0.2) is 6.54 Å². The number of hydrogen-bond donors (Lipinski definition) is 2. The van der Waals surface area contributed by atoms with E-state index < -0.39 is 0 Å². The van der Waals surface area contributed by atoms with Crippen LogP contribution >= 0.6 is 0 Å². The summed E-state index contributed by atoms with van der Waals surface area (Å²) in [6, 6.07) is 13.4. The molecule has 0 spiro atoms. The van der Waals surface area contributed by atoms with Crippen molar-refractivity contribution in [3.8, 4) is 0 Å². The fourth-order valence-electron chi connectivity index (χ4n) is 3.31. The second-order valence-electron chi connectivity index (χ2n) is 7.36. The molecule has 0 radical (unpaired) electrons. The van der Waals surface area contributed by atoms with E-state index in [1.165, 1.54) is 12.1 Å². The van der Waals surface area contributed by atoms with Gasteiger partial charge in [0.05, 0.1) is 0 Å². The topological polar surface area (TPSA) is 66.0 Å². The molecular weight excluding hydrogens is 369 g/mol. The van der Waals surface area contributed by atoms with Crippen molar-refractivity contribution in [2.45, 2.75) is 33.7 Å². The summed E-state index contributed by atoms with van der Waals surface area (Å²) >= 11 is 0. The van der Waals surface area contributed by atoms with Crippen LogP contribution < -0.4 is 10.6 Å². The maximum atomic E-state index is 13.2. The minimum absolute atomic E-state index is 0.0136. The fourth-order valence-corrected chi connectivity index (χ4v) is 3.31. The van der Waals surface area contributed by atoms with E-state index >= 15 is 0 Å². The molecule has 2 amide bonds. The Bertz CT molecular complexity index is 800. The Labute approximate surface area is 172 Å². The Kier molecular flexibility index (Phi) is 8.34. The molecule has 0 saturated heterocycles. The predicted molar refractivity (Wildman–Crippen MR) is 113 cm³/mol. The van der Waals surface area contributed by atoms with Crippen LogP contribution in [0.4, 0.5) is 10.1 Å². The van der Waals surface area contributed by atoms with Gasteiger partial charge in [0.2, 0.25) is 0 Å². The van der Waals surface area contributed by atoms with Crippen LogP contribution in [-0.2, 0) is 4.79 Å². The fraction of sp³-hybridized carbons (Fsp3) is 0.391. The first-order valence-electron chi connectivity index (χ1n) is 10.1. The van der Waals surface area contributed by atoms with E-state index in [0.717, 1.165) is 5.56 Å². The number of carbonyl (C=O) groups excluding carboxylic acids is 2. The molecule has 5 nitrogen and oxygen atoms in total. The number of anilines is 1. The molecule has 156 valence electrons. The lowest BCUT2D eigenvalue weighted by Crippen LogP contribution is -2.88. The van der Waals surface area contributed by atoms with Gasteiger partial charge in [-0.3, -0.25) is 9.59 Å². The second-order valence-corrected chi connectivity index (χ2v) is 7.36. The highest BCUT2D eigenvalue weighted by Gasteiger charge is 2.20. The number of carbonyl (C=O) groups is 2.